The summed E-state index contributed by atoms with van der Waals surface area (Å²) in [4.78, 5) is 29.8. The van der Waals surface area contributed by atoms with Gasteiger partial charge in [-0.05, 0) is 40.3 Å². The van der Waals surface area contributed by atoms with Gasteiger partial charge in [-0.15, -0.1) is 0 Å². The number of rotatable bonds is 9. The van der Waals surface area contributed by atoms with Crippen LogP contribution in [-0.4, -0.2) is 69.9 Å². The van der Waals surface area contributed by atoms with Gasteiger partial charge >= 0.3 is 0 Å². The van der Waals surface area contributed by atoms with Crippen LogP contribution in [0, 0.1) is 3.57 Å². The Morgan fingerprint density at radius 3 is 2.59 bits per heavy atom. The number of oxazole rings is 1. The van der Waals surface area contributed by atoms with E-state index in [0.29, 0.717) is 18.9 Å². The lowest BCUT2D eigenvalue weighted by Gasteiger charge is -2.34. The number of carbonyl (C=O) groups is 1. The van der Waals surface area contributed by atoms with Crippen LogP contribution in [0.15, 0.2) is 41.3 Å². The minimum atomic E-state index is -0.388. The standard InChI is InChI=1S/C22H26ClIN8O2/c23-19-21(27-11-15-1-3-16(24)4-2-15)30-20(25)18(29-19)22(33)26-5-6-31-7-9-32(10-8-31)12-17-13-34-14-28-17/h1-4,13-14H,5-12H2,(H,26,33)(H3,25,27,30). The zero-order valence-corrected chi connectivity index (χ0v) is 21.4. The number of hydrogen-bond acceptors (Lipinski definition) is 9. The average molecular weight is 597 g/mol. The van der Waals surface area contributed by atoms with Crippen LogP contribution in [0.2, 0.25) is 5.15 Å². The van der Waals surface area contributed by atoms with Gasteiger partial charge in [0.15, 0.2) is 28.9 Å². The number of anilines is 2. The zero-order chi connectivity index (χ0) is 23.9. The first kappa shape index (κ1) is 24.6. The van der Waals surface area contributed by atoms with Crippen LogP contribution in [-0.2, 0) is 13.1 Å². The largest absolute Gasteiger partial charge is 0.451 e. The molecule has 1 saturated heterocycles. The van der Waals surface area contributed by atoms with Crippen molar-refractivity contribution >= 4 is 51.7 Å². The van der Waals surface area contributed by atoms with Crippen LogP contribution in [0.4, 0.5) is 11.6 Å². The Hall–Kier alpha value is -2.48. The number of piperazine rings is 1. The number of nitrogens with two attached hydrogens (primary N) is 1. The summed E-state index contributed by atoms with van der Waals surface area (Å²) in [5.74, 6) is -0.00742. The number of aromatic nitrogens is 3. The van der Waals surface area contributed by atoms with E-state index in [0.717, 1.165) is 54.1 Å². The normalized spacial score (nSPS) is 14.8. The van der Waals surface area contributed by atoms with Crippen molar-refractivity contribution in [2.24, 2.45) is 0 Å². The Balaban J connectivity index is 1.22. The summed E-state index contributed by atoms with van der Waals surface area (Å²) >= 11 is 8.51. The molecule has 12 heteroatoms. The lowest BCUT2D eigenvalue weighted by Crippen LogP contribution is -2.48. The second kappa shape index (κ2) is 11.8. The highest BCUT2D eigenvalue weighted by Gasteiger charge is 2.19. The fourth-order valence-corrected chi connectivity index (χ4v) is 4.18. The van der Waals surface area contributed by atoms with E-state index < -0.39 is 0 Å². The molecule has 0 unspecified atom stereocenters. The van der Waals surface area contributed by atoms with E-state index in [9.17, 15) is 4.79 Å². The van der Waals surface area contributed by atoms with Gasteiger partial charge in [0, 0.05) is 55.9 Å². The van der Waals surface area contributed by atoms with Gasteiger partial charge in [0.25, 0.3) is 5.91 Å². The van der Waals surface area contributed by atoms with Gasteiger partial charge in [-0.1, -0.05) is 23.7 Å². The second-order valence-corrected chi connectivity index (χ2v) is 9.53. The summed E-state index contributed by atoms with van der Waals surface area (Å²) in [7, 11) is 0. The maximum atomic E-state index is 12.6. The molecule has 0 saturated carbocycles. The van der Waals surface area contributed by atoms with Crippen LogP contribution < -0.4 is 16.4 Å². The average Bonchev–Trinajstić information content (AvgIpc) is 3.34. The molecular weight excluding hydrogens is 571 g/mol. The van der Waals surface area contributed by atoms with Gasteiger partial charge in [0.05, 0.1) is 5.69 Å². The van der Waals surface area contributed by atoms with Crippen molar-refractivity contribution in [3.63, 3.8) is 0 Å². The predicted molar refractivity (Wildman–Crippen MR) is 138 cm³/mol. The van der Waals surface area contributed by atoms with Crippen molar-refractivity contribution in [1.82, 2.24) is 30.1 Å². The highest BCUT2D eigenvalue weighted by molar-refractivity contribution is 14.1. The van der Waals surface area contributed by atoms with Gasteiger partial charge in [0.1, 0.15) is 6.26 Å². The number of nitrogens with one attached hydrogen (secondary N) is 2. The van der Waals surface area contributed by atoms with Crippen molar-refractivity contribution in [3.8, 4) is 0 Å². The molecule has 0 spiro atoms. The summed E-state index contributed by atoms with van der Waals surface area (Å²) in [5.41, 5.74) is 8.04. The first-order chi connectivity index (χ1) is 16.5. The fraction of sp³-hybridized carbons (Fsp3) is 0.364. The Morgan fingerprint density at radius 2 is 1.88 bits per heavy atom. The van der Waals surface area contributed by atoms with E-state index in [4.69, 9.17) is 21.8 Å². The summed E-state index contributed by atoms with van der Waals surface area (Å²) in [6.45, 7) is 6.23. The molecule has 0 atom stereocenters. The molecule has 0 radical (unpaired) electrons. The number of amides is 1. The molecule has 1 amide bonds. The monoisotopic (exact) mass is 596 g/mol. The summed E-state index contributed by atoms with van der Waals surface area (Å²) < 4.78 is 6.18. The van der Waals surface area contributed by atoms with Crippen molar-refractivity contribution in [2.45, 2.75) is 13.1 Å². The van der Waals surface area contributed by atoms with E-state index in [1.165, 1.54) is 6.39 Å². The number of halogens is 2. The molecule has 1 aliphatic rings. The van der Waals surface area contributed by atoms with E-state index in [1.807, 2.05) is 24.3 Å². The summed E-state index contributed by atoms with van der Waals surface area (Å²) in [5, 5.41) is 6.09. The first-order valence-electron chi connectivity index (χ1n) is 10.9. The fourth-order valence-electron chi connectivity index (χ4n) is 3.62. The molecule has 0 bridgehead atoms. The molecular formula is C22H26ClIN8O2. The van der Waals surface area contributed by atoms with Crippen molar-refractivity contribution in [3.05, 3.63) is 62.6 Å². The number of carbonyl (C=O) groups excluding carboxylic acids is 1. The van der Waals surface area contributed by atoms with E-state index in [2.05, 4.69) is 58.0 Å². The Kier molecular flexibility index (Phi) is 8.53. The van der Waals surface area contributed by atoms with Crippen LogP contribution >= 0.6 is 34.2 Å². The molecule has 2 aromatic heterocycles. The van der Waals surface area contributed by atoms with Gasteiger partial charge in [-0.3, -0.25) is 14.6 Å². The minimum Gasteiger partial charge on any atom is -0.451 e. The number of nitrogens with zero attached hydrogens (tertiary/aromatic N) is 5. The highest BCUT2D eigenvalue weighted by Crippen LogP contribution is 2.21. The molecule has 10 nitrogen and oxygen atoms in total. The van der Waals surface area contributed by atoms with E-state index in [-0.39, 0.29) is 22.6 Å². The molecule has 0 aliphatic carbocycles. The third-order valence-corrected chi connectivity index (χ3v) is 6.50. The lowest BCUT2D eigenvalue weighted by atomic mass is 10.2. The zero-order valence-electron chi connectivity index (χ0n) is 18.5. The van der Waals surface area contributed by atoms with Gasteiger partial charge in [0.2, 0.25) is 0 Å². The van der Waals surface area contributed by atoms with Crippen LogP contribution in [0.1, 0.15) is 21.7 Å². The topological polar surface area (TPSA) is 125 Å². The maximum absolute atomic E-state index is 12.6. The number of nitrogen functional groups attached to an aromatic ring is 1. The third-order valence-electron chi connectivity index (χ3n) is 5.52. The van der Waals surface area contributed by atoms with Crippen LogP contribution in [0.3, 0.4) is 0 Å². The molecule has 1 fully saturated rings. The summed E-state index contributed by atoms with van der Waals surface area (Å²) in [6.07, 6.45) is 3.13. The molecule has 4 rings (SSSR count). The molecule has 1 aliphatic heterocycles. The van der Waals surface area contributed by atoms with Crippen molar-refractivity contribution in [2.75, 3.05) is 50.3 Å². The molecule has 34 heavy (non-hydrogen) atoms. The predicted octanol–water partition coefficient (Wildman–Crippen LogP) is 2.46. The van der Waals surface area contributed by atoms with E-state index >= 15 is 0 Å². The molecule has 3 heterocycles. The highest BCUT2D eigenvalue weighted by atomic mass is 127. The van der Waals surface area contributed by atoms with Crippen molar-refractivity contribution in [1.29, 1.82) is 0 Å². The molecule has 180 valence electrons. The number of benzene rings is 1. The summed E-state index contributed by atoms with van der Waals surface area (Å²) in [6, 6.07) is 8.06. The second-order valence-electron chi connectivity index (χ2n) is 7.93. The van der Waals surface area contributed by atoms with E-state index in [1.54, 1.807) is 6.26 Å². The van der Waals surface area contributed by atoms with Crippen LogP contribution in [0.25, 0.3) is 0 Å². The first-order valence-corrected chi connectivity index (χ1v) is 12.3. The molecule has 1 aromatic carbocycles. The minimum absolute atomic E-state index is 0.0299. The lowest BCUT2D eigenvalue weighted by molar-refractivity contribution is 0.0929. The Morgan fingerprint density at radius 1 is 1.15 bits per heavy atom. The Bertz CT molecular complexity index is 1090. The Labute approximate surface area is 216 Å². The van der Waals surface area contributed by atoms with Gasteiger partial charge in [-0.25, -0.2) is 15.0 Å². The van der Waals surface area contributed by atoms with Gasteiger partial charge < -0.3 is 20.8 Å². The maximum Gasteiger partial charge on any atom is 0.273 e. The van der Waals surface area contributed by atoms with Crippen molar-refractivity contribution < 1.29 is 9.21 Å². The van der Waals surface area contributed by atoms with Crippen LogP contribution in [0.5, 0.6) is 0 Å². The number of hydrogen-bond donors (Lipinski definition) is 3. The third kappa shape index (κ3) is 6.78. The van der Waals surface area contributed by atoms with Gasteiger partial charge in [-0.2, -0.15) is 0 Å². The smallest absolute Gasteiger partial charge is 0.273 e. The molecule has 4 N–H and O–H groups in total. The SMILES string of the molecule is Nc1nc(NCc2ccc(I)cc2)c(Cl)nc1C(=O)NCCN1CCN(Cc2cocn2)CC1. The quantitative estimate of drug-likeness (QED) is 0.320. The molecule has 3 aromatic rings.